The van der Waals surface area contributed by atoms with E-state index in [-0.39, 0.29) is 5.57 Å². The Morgan fingerprint density at radius 2 is 2.06 bits per heavy atom. The van der Waals surface area contributed by atoms with Crippen LogP contribution in [-0.2, 0) is 9.53 Å². The van der Waals surface area contributed by atoms with Gasteiger partial charge in [-0.3, -0.25) is 9.69 Å². The van der Waals surface area contributed by atoms with Crippen LogP contribution in [0.15, 0.2) is 49.3 Å². The summed E-state index contributed by atoms with van der Waals surface area (Å²) in [6.45, 7) is 8.72. The summed E-state index contributed by atoms with van der Waals surface area (Å²) < 4.78 is 12.6. The molecule has 0 atom stereocenters. The second-order valence-corrected chi connectivity index (χ2v) is 8.97. The monoisotopic (exact) mass is 559 g/mol. The highest BCUT2D eigenvalue weighted by molar-refractivity contribution is 14.1. The van der Waals surface area contributed by atoms with E-state index in [9.17, 15) is 4.79 Å². The third-order valence-corrected chi connectivity index (χ3v) is 6.10. The van der Waals surface area contributed by atoms with Gasteiger partial charge in [0.2, 0.25) is 5.91 Å². The Morgan fingerprint density at radius 1 is 1.24 bits per heavy atom. The number of anilines is 2. The summed E-state index contributed by atoms with van der Waals surface area (Å²) in [7, 11) is 0. The van der Waals surface area contributed by atoms with Crippen LogP contribution < -0.4 is 15.8 Å². The lowest BCUT2D eigenvalue weighted by molar-refractivity contribution is -0.112. The molecule has 1 aromatic heterocycles. The Bertz CT molecular complexity index is 1160. The van der Waals surface area contributed by atoms with Crippen LogP contribution in [0.2, 0.25) is 0 Å². The van der Waals surface area contributed by atoms with E-state index in [4.69, 9.17) is 15.2 Å². The highest BCUT2D eigenvalue weighted by Gasteiger charge is 2.17. The molecular formula is C24H26IN5O3. The van der Waals surface area contributed by atoms with Crippen LogP contribution in [0.25, 0.3) is 16.5 Å². The fourth-order valence-electron chi connectivity index (χ4n) is 3.67. The van der Waals surface area contributed by atoms with Gasteiger partial charge in [-0.1, -0.05) is 12.6 Å². The van der Waals surface area contributed by atoms with Crippen LogP contribution in [0.4, 0.5) is 11.5 Å². The van der Waals surface area contributed by atoms with Crippen molar-refractivity contribution in [2.24, 2.45) is 5.73 Å². The van der Waals surface area contributed by atoms with Gasteiger partial charge in [-0.25, -0.2) is 9.97 Å². The van der Waals surface area contributed by atoms with E-state index in [1.165, 1.54) is 6.33 Å². The molecule has 0 aliphatic carbocycles. The van der Waals surface area contributed by atoms with Crippen molar-refractivity contribution in [3.05, 3.63) is 58.4 Å². The molecule has 0 unspecified atom stereocenters. The zero-order chi connectivity index (χ0) is 23.2. The number of rotatable bonds is 9. The van der Waals surface area contributed by atoms with E-state index in [0.717, 1.165) is 53.9 Å². The number of hydrogen-bond acceptors (Lipinski definition) is 7. The number of benzene rings is 2. The van der Waals surface area contributed by atoms with E-state index in [1.54, 1.807) is 0 Å². The SMILES string of the molecule is C=C(C(N)=O)c1cc2c(Nc3cccc(I)c3)ncnc2cc1OCCCN1CCOCC1. The van der Waals surface area contributed by atoms with Crippen LogP contribution in [-0.4, -0.2) is 60.2 Å². The van der Waals surface area contributed by atoms with Gasteiger partial charge in [0.05, 0.1) is 25.3 Å². The summed E-state index contributed by atoms with van der Waals surface area (Å²) in [5, 5.41) is 4.08. The van der Waals surface area contributed by atoms with Crippen molar-refractivity contribution in [2.45, 2.75) is 6.42 Å². The van der Waals surface area contributed by atoms with Crippen molar-refractivity contribution in [2.75, 3.05) is 44.8 Å². The van der Waals surface area contributed by atoms with Crippen LogP contribution in [0, 0.1) is 3.57 Å². The highest BCUT2D eigenvalue weighted by Crippen LogP contribution is 2.33. The van der Waals surface area contributed by atoms with E-state index in [1.807, 2.05) is 36.4 Å². The van der Waals surface area contributed by atoms with Gasteiger partial charge < -0.3 is 20.5 Å². The second kappa shape index (κ2) is 10.9. The Hall–Kier alpha value is -2.76. The molecule has 3 N–H and O–H groups in total. The maximum absolute atomic E-state index is 11.9. The molecule has 0 spiro atoms. The third kappa shape index (κ3) is 5.98. The first-order chi connectivity index (χ1) is 16.0. The number of ether oxygens (including phenoxy) is 2. The number of hydrogen-bond donors (Lipinski definition) is 2. The number of amides is 1. The summed E-state index contributed by atoms with van der Waals surface area (Å²) in [6.07, 6.45) is 2.35. The Labute approximate surface area is 206 Å². The first-order valence-electron chi connectivity index (χ1n) is 10.7. The smallest absolute Gasteiger partial charge is 0.248 e. The molecule has 172 valence electrons. The van der Waals surface area contributed by atoms with E-state index < -0.39 is 5.91 Å². The minimum atomic E-state index is -0.600. The van der Waals surface area contributed by atoms with Crippen molar-refractivity contribution < 1.29 is 14.3 Å². The second-order valence-electron chi connectivity index (χ2n) is 7.72. The van der Waals surface area contributed by atoms with Crippen LogP contribution in [0.3, 0.4) is 0 Å². The lowest BCUT2D eigenvalue weighted by Gasteiger charge is -2.26. The lowest BCUT2D eigenvalue weighted by Crippen LogP contribution is -2.37. The minimum absolute atomic E-state index is 0.184. The Kier molecular flexibility index (Phi) is 7.73. The minimum Gasteiger partial charge on any atom is -0.493 e. The molecule has 1 amide bonds. The molecule has 3 aromatic rings. The Morgan fingerprint density at radius 3 is 2.82 bits per heavy atom. The van der Waals surface area contributed by atoms with Gasteiger partial charge in [-0.05, 0) is 53.3 Å². The first kappa shape index (κ1) is 23.4. The summed E-state index contributed by atoms with van der Waals surface area (Å²) >= 11 is 2.26. The van der Waals surface area contributed by atoms with Gasteiger partial charge in [0.25, 0.3) is 0 Å². The van der Waals surface area contributed by atoms with E-state index in [0.29, 0.717) is 29.3 Å². The first-order valence-corrected chi connectivity index (χ1v) is 11.8. The molecule has 2 heterocycles. The van der Waals surface area contributed by atoms with Crippen molar-refractivity contribution in [1.29, 1.82) is 0 Å². The van der Waals surface area contributed by atoms with Crippen molar-refractivity contribution in [3.8, 4) is 5.75 Å². The third-order valence-electron chi connectivity index (χ3n) is 5.43. The summed E-state index contributed by atoms with van der Waals surface area (Å²) in [5.74, 6) is 0.558. The molecule has 1 fully saturated rings. The van der Waals surface area contributed by atoms with Gasteiger partial charge in [-0.2, -0.15) is 0 Å². The summed E-state index contributed by atoms with van der Waals surface area (Å²) in [6, 6.07) is 11.6. The van der Waals surface area contributed by atoms with E-state index >= 15 is 0 Å². The zero-order valence-electron chi connectivity index (χ0n) is 18.2. The topological polar surface area (TPSA) is 103 Å². The summed E-state index contributed by atoms with van der Waals surface area (Å²) in [5.41, 5.74) is 7.88. The number of morpholine rings is 1. The predicted octanol–water partition coefficient (Wildman–Crippen LogP) is 3.58. The van der Waals surface area contributed by atoms with Gasteiger partial charge in [0.15, 0.2) is 0 Å². The number of halogens is 1. The van der Waals surface area contributed by atoms with Gasteiger partial charge in [0, 0.05) is 51.5 Å². The normalized spacial score (nSPS) is 14.2. The standard InChI is InChI=1S/C24H26IN5O3/c1-16(23(26)31)19-13-20-21(14-22(19)33-9-3-6-30-7-10-32-11-8-30)27-15-28-24(20)29-18-5-2-4-17(25)12-18/h2,4-5,12-15H,1,3,6-11H2,(H2,26,31)(H,27,28,29). The van der Waals surface area contributed by atoms with Crippen molar-refractivity contribution in [3.63, 3.8) is 0 Å². The number of nitrogens with zero attached hydrogens (tertiary/aromatic N) is 3. The lowest BCUT2D eigenvalue weighted by atomic mass is 10.0. The van der Waals surface area contributed by atoms with Crippen molar-refractivity contribution in [1.82, 2.24) is 14.9 Å². The maximum Gasteiger partial charge on any atom is 0.248 e. The largest absolute Gasteiger partial charge is 0.493 e. The van der Waals surface area contributed by atoms with Crippen molar-refractivity contribution >= 4 is 56.5 Å². The molecule has 1 aliphatic rings. The molecule has 0 saturated carbocycles. The van der Waals surface area contributed by atoms with Gasteiger partial charge >= 0.3 is 0 Å². The number of primary amides is 1. The number of nitrogens with one attached hydrogen (secondary N) is 1. The van der Waals surface area contributed by atoms with Gasteiger partial charge in [0.1, 0.15) is 17.9 Å². The summed E-state index contributed by atoms with van der Waals surface area (Å²) in [4.78, 5) is 23.1. The van der Waals surface area contributed by atoms with Crippen LogP contribution in [0.1, 0.15) is 12.0 Å². The Balaban J connectivity index is 1.58. The molecule has 8 nitrogen and oxygen atoms in total. The predicted molar refractivity (Wildman–Crippen MR) is 138 cm³/mol. The molecule has 2 aromatic carbocycles. The molecule has 33 heavy (non-hydrogen) atoms. The molecule has 1 saturated heterocycles. The van der Waals surface area contributed by atoms with Gasteiger partial charge in [-0.15, -0.1) is 0 Å². The highest BCUT2D eigenvalue weighted by atomic mass is 127. The molecule has 1 aliphatic heterocycles. The molecule has 0 radical (unpaired) electrons. The molecule has 9 heteroatoms. The molecule has 0 bridgehead atoms. The molecule has 4 rings (SSSR count). The van der Waals surface area contributed by atoms with Crippen LogP contribution >= 0.6 is 22.6 Å². The van der Waals surface area contributed by atoms with E-state index in [2.05, 4.69) is 49.4 Å². The number of fused-ring (bicyclic) bond motifs is 1. The fraction of sp³-hybridized carbons (Fsp3) is 0.292. The molecular weight excluding hydrogens is 533 g/mol. The quantitative estimate of drug-likeness (QED) is 0.235. The number of nitrogens with two attached hydrogens (primary N) is 1. The average molecular weight is 559 g/mol. The number of carbonyl (C=O) groups is 1. The number of aromatic nitrogens is 2. The average Bonchev–Trinajstić information content (AvgIpc) is 2.82. The fourth-order valence-corrected chi connectivity index (χ4v) is 4.21. The zero-order valence-corrected chi connectivity index (χ0v) is 20.4. The number of carbonyl (C=O) groups excluding carboxylic acids is 1. The maximum atomic E-state index is 11.9. The van der Waals surface area contributed by atoms with Crippen LogP contribution in [0.5, 0.6) is 5.75 Å².